The van der Waals surface area contributed by atoms with Gasteiger partial charge in [-0.1, -0.05) is 13.8 Å². The molecule has 3 atom stereocenters. The van der Waals surface area contributed by atoms with Gasteiger partial charge in [-0.05, 0) is 54.4 Å². The van der Waals surface area contributed by atoms with Crippen molar-refractivity contribution >= 4 is 0 Å². The highest BCUT2D eigenvalue weighted by molar-refractivity contribution is 5.49. The van der Waals surface area contributed by atoms with E-state index in [1.165, 1.54) is 0 Å². The zero-order valence-corrected chi connectivity index (χ0v) is 13.7. The lowest BCUT2D eigenvalue weighted by atomic mass is 9.79. The van der Waals surface area contributed by atoms with Gasteiger partial charge in [0.25, 0.3) is 0 Å². The van der Waals surface area contributed by atoms with Crippen LogP contribution in [0.3, 0.4) is 0 Å². The molecular formula is C19H29NO3. The Morgan fingerprint density at radius 2 is 2.04 bits per heavy atom. The number of aliphatic hydroxyl groups excluding tert-OH is 1. The normalized spacial score (nSPS) is 32.4. The van der Waals surface area contributed by atoms with Gasteiger partial charge in [-0.2, -0.15) is 0 Å². The summed E-state index contributed by atoms with van der Waals surface area (Å²) < 4.78 is 54.4. The third-order valence-corrected chi connectivity index (χ3v) is 5.15. The Balaban J connectivity index is 1.94. The summed E-state index contributed by atoms with van der Waals surface area (Å²) >= 11 is 0. The monoisotopic (exact) mass is 327 g/mol. The molecule has 1 aromatic carbocycles. The Morgan fingerprint density at radius 3 is 2.74 bits per heavy atom. The van der Waals surface area contributed by atoms with Crippen molar-refractivity contribution in [3.8, 4) is 11.5 Å². The van der Waals surface area contributed by atoms with Gasteiger partial charge in [-0.25, -0.2) is 0 Å². The molecule has 3 rings (SSSR count). The van der Waals surface area contributed by atoms with E-state index in [0.717, 1.165) is 30.6 Å². The Bertz CT molecular complexity index is 734. The molecule has 0 bridgehead atoms. The quantitative estimate of drug-likeness (QED) is 0.863. The molecule has 1 saturated heterocycles. The lowest BCUT2D eigenvalue weighted by molar-refractivity contribution is -0.0191. The first-order valence-electron chi connectivity index (χ1n) is 11.3. The van der Waals surface area contributed by atoms with Gasteiger partial charge >= 0.3 is 0 Å². The summed E-state index contributed by atoms with van der Waals surface area (Å²) in [5, 5.41) is 10.7. The maximum atomic E-state index is 10.7. The van der Waals surface area contributed by atoms with Crippen molar-refractivity contribution in [2.75, 3.05) is 27.2 Å². The summed E-state index contributed by atoms with van der Waals surface area (Å²) in [7, 11) is -5.45. The van der Waals surface area contributed by atoms with Crippen LogP contribution in [0.15, 0.2) is 12.1 Å². The van der Waals surface area contributed by atoms with Gasteiger partial charge in [0.15, 0.2) is 11.5 Å². The second kappa shape index (κ2) is 6.70. The molecule has 23 heavy (non-hydrogen) atoms. The van der Waals surface area contributed by atoms with Crippen LogP contribution in [0, 0.1) is 11.8 Å². The zero-order chi connectivity index (χ0) is 21.6. The second-order valence-corrected chi connectivity index (χ2v) is 7.16. The Labute approximate surface area is 147 Å². The second-order valence-electron chi connectivity index (χ2n) is 7.16. The predicted octanol–water partition coefficient (Wildman–Crippen LogP) is 3.03. The van der Waals surface area contributed by atoms with Crippen LogP contribution in [0.25, 0.3) is 0 Å². The van der Waals surface area contributed by atoms with Gasteiger partial charge in [-0.15, -0.1) is 0 Å². The van der Waals surface area contributed by atoms with Crippen molar-refractivity contribution in [2.24, 2.45) is 11.8 Å². The van der Waals surface area contributed by atoms with E-state index < -0.39 is 20.2 Å². The SMILES string of the molecule is [2H][13C]([2H])([2H])Oc1cc2c(cc1O[13C]([2H])([2H])[2H])[C@@H]1C[C@H](O)[C@@H](CC(C)C)CN1CC2. The van der Waals surface area contributed by atoms with E-state index >= 15 is 0 Å². The van der Waals surface area contributed by atoms with E-state index in [1.54, 1.807) is 12.1 Å². The number of piperidine rings is 1. The lowest BCUT2D eigenvalue weighted by Crippen LogP contribution is -2.48. The number of hydrogen-bond acceptors (Lipinski definition) is 4. The minimum atomic E-state index is -2.73. The number of aliphatic hydroxyl groups is 1. The molecule has 0 aromatic heterocycles. The molecule has 2 aliphatic heterocycles. The Hall–Kier alpha value is -1.26. The van der Waals surface area contributed by atoms with Gasteiger partial charge in [-0.3, -0.25) is 4.90 Å². The number of nitrogens with zero attached hydrogens (tertiary/aromatic N) is 1. The summed E-state index contributed by atoms with van der Waals surface area (Å²) in [5.41, 5.74) is 1.77. The standard InChI is InChI=1S/C19H29NO3/c1-12(2)7-14-11-20-6-5-13-8-18(22-3)19(23-4)9-15(13)16(20)10-17(14)21/h8-9,12,14,16-17,21H,5-7,10-11H2,1-4H3/t14-,16-,17-/m0/s1/i3+1D3,4+1D3. The van der Waals surface area contributed by atoms with Crippen molar-refractivity contribution < 1.29 is 22.8 Å². The molecule has 2 heterocycles. The molecule has 1 aromatic rings. The molecule has 0 aliphatic carbocycles. The molecule has 0 saturated carbocycles. The first kappa shape index (κ1) is 10.6. The fraction of sp³-hybridized carbons (Fsp3) is 0.684. The van der Waals surface area contributed by atoms with Gasteiger partial charge < -0.3 is 14.6 Å². The van der Waals surface area contributed by atoms with Gasteiger partial charge in [0.2, 0.25) is 0 Å². The maximum Gasteiger partial charge on any atom is 0.161 e. The summed E-state index contributed by atoms with van der Waals surface area (Å²) in [5.74, 6) is 0.508. The Morgan fingerprint density at radius 1 is 1.30 bits per heavy atom. The number of rotatable bonds is 4. The van der Waals surface area contributed by atoms with Crippen LogP contribution in [0.1, 0.15) is 52.1 Å². The van der Waals surface area contributed by atoms with E-state index in [9.17, 15) is 5.11 Å². The average molecular weight is 327 g/mol. The molecule has 4 nitrogen and oxygen atoms in total. The highest BCUT2D eigenvalue weighted by Gasteiger charge is 2.38. The van der Waals surface area contributed by atoms with E-state index in [0.29, 0.717) is 18.8 Å². The highest BCUT2D eigenvalue weighted by Crippen LogP contribution is 2.43. The summed E-state index contributed by atoms with van der Waals surface area (Å²) in [6.45, 7) is 5.88. The molecule has 0 radical (unpaired) electrons. The summed E-state index contributed by atoms with van der Waals surface area (Å²) in [4.78, 5) is 2.32. The molecule has 4 heteroatoms. The molecular weight excluding hydrogens is 292 g/mol. The number of benzene rings is 1. The van der Waals surface area contributed by atoms with Gasteiger partial charge in [0, 0.05) is 19.1 Å². The molecule has 0 spiro atoms. The summed E-state index contributed by atoms with van der Waals surface area (Å²) in [6, 6.07) is 3.10. The highest BCUT2D eigenvalue weighted by atomic mass is 16.6. The van der Waals surface area contributed by atoms with E-state index in [-0.39, 0.29) is 23.5 Å². The summed E-state index contributed by atoms with van der Waals surface area (Å²) in [6.07, 6.45) is 1.77. The smallest absolute Gasteiger partial charge is 0.161 e. The molecule has 128 valence electrons. The minimum Gasteiger partial charge on any atom is -0.493 e. The lowest BCUT2D eigenvalue weighted by Gasteiger charge is -2.46. The molecule has 2 aliphatic rings. The fourth-order valence-corrected chi connectivity index (χ4v) is 4.10. The third kappa shape index (κ3) is 3.20. The molecule has 0 amide bonds. The van der Waals surface area contributed by atoms with Crippen LogP contribution in [0.5, 0.6) is 11.5 Å². The van der Waals surface area contributed by atoms with Crippen molar-refractivity contribution in [3.63, 3.8) is 0 Å². The van der Waals surface area contributed by atoms with Crippen LogP contribution in [-0.2, 0) is 6.42 Å². The third-order valence-electron chi connectivity index (χ3n) is 5.15. The van der Waals surface area contributed by atoms with Crippen LogP contribution in [-0.4, -0.2) is 43.3 Å². The van der Waals surface area contributed by atoms with Crippen molar-refractivity contribution in [2.45, 2.75) is 45.3 Å². The van der Waals surface area contributed by atoms with E-state index in [4.69, 9.17) is 17.7 Å². The largest absolute Gasteiger partial charge is 0.493 e. The van der Waals surface area contributed by atoms with Crippen molar-refractivity contribution in [3.05, 3.63) is 23.3 Å². The molecule has 1 N–H and O–H groups in total. The van der Waals surface area contributed by atoms with Crippen LogP contribution in [0.4, 0.5) is 0 Å². The van der Waals surface area contributed by atoms with Crippen molar-refractivity contribution in [1.29, 1.82) is 0 Å². The number of hydrogen-bond donors (Lipinski definition) is 1. The number of ether oxygens (including phenoxy) is 2. The van der Waals surface area contributed by atoms with Gasteiger partial charge in [0.05, 0.1) is 28.4 Å². The van der Waals surface area contributed by atoms with E-state index in [1.807, 2.05) is 0 Å². The molecule has 1 fully saturated rings. The average Bonchev–Trinajstić information content (AvgIpc) is 2.53. The first-order chi connectivity index (χ1) is 13.3. The first-order valence-corrected chi connectivity index (χ1v) is 8.29. The van der Waals surface area contributed by atoms with Crippen LogP contribution >= 0.6 is 0 Å². The topological polar surface area (TPSA) is 41.9 Å². The zero-order valence-electron chi connectivity index (χ0n) is 19.7. The van der Waals surface area contributed by atoms with Gasteiger partial charge in [0.1, 0.15) is 0 Å². The maximum absolute atomic E-state index is 10.7. The molecule has 0 unspecified atom stereocenters. The number of fused-ring (bicyclic) bond motifs is 3. The minimum absolute atomic E-state index is 0.0575. The van der Waals surface area contributed by atoms with E-state index in [2.05, 4.69) is 18.7 Å². The van der Waals surface area contributed by atoms with Crippen LogP contribution < -0.4 is 9.47 Å². The Kier molecular flexibility index (Phi) is 3.08. The van der Waals surface area contributed by atoms with Crippen LogP contribution in [0.2, 0.25) is 0 Å². The number of methoxy groups -OCH3 is 2. The van der Waals surface area contributed by atoms with Crippen molar-refractivity contribution in [1.82, 2.24) is 4.90 Å². The predicted molar refractivity (Wildman–Crippen MR) is 91.1 cm³/mol. The fourth-order valence-electron chi connectivity index (χ4n) is 4.10.